The van der Waals surface area contributed by atoms with Gasteiger partial charge in [0.2, 0.25) is 5.91 Å². The van der Waals surface area contributed by atoms with E-state index in [1.165, 1.54) is 0 Å². The third kappa shape index (κ3) is 10.5. The van der Waals surface area contributed by atoms with E-state index in [9.17, 15) is 9.59 Å². The summed E-state index contributed by atoms with van der Waals surface area (Å²) in [6.07, 6.45) is 6.94. The fraction of sp³-hybridized carbons (Fsp3) is 0.462. The number of nitrogens with zero attached hydrogens (tertiary/aromatic N) is 3. The van der Waals surface area contributed by atoms with Gasteiger partial charge in [-0.25, -0.2) is 0 Å². The van der Waals surface area contributed by atoms with E-state index in [0.29, 0.717) is 59.0 Å². The molecule has 10 heteroatoms. The second kappa shape index (κ2) is 18.7. The zero-order valence-corrected chi connectivity index (χ0v) is 30.6. The van der Waals surface area contributed by atoms with Crippen LogP contribution in [0.4, 0.5) is 11.4 Å². The largest absolute Gasteiger partial charge is 0.495 e. The predicted molar refractivity (Wildman–Crippen MR) is 203 cm³/mol. The summed E-state index contributed by atoms with van der Waals surface area (Å²) < 4.78 is 11.9. The van der Waals surface area contributed by atoms with E-state index in [2.05, 4.69) is 30.4 Å². The van der Waals surface area contributed by atoms with Crippen molar-refractivity contribution >= 4 is 40.4 Å². The molecule has 3 aromatic carbocycles. The Hall–Kier alpha value is -3.99. The second-order valence-corrected chi connectivity index (χ2v) is 13.4. The summed E-state index contributed by atoms with van der Waals surface area (Å²) in [5.41, 5.74) is 10.7. The molecule has 0 aromatic heterocycles. The Morgan fingerprint density at radius 1 is 0.959 bits per heavy atom. The molecule has 1 heterocycles. The lowest BCUT2D eigenvalue weighted by atomic mass is 10.0. The van der Waals surface area contributed by atoms with Crippen LogP contribution in [0.2, 0.25) is 0 Å². The number of anilines is 2. The third-order valence-corrected chi connectivity index (χ3v) is 9.55. The highest BCUT2D eigenvalue weighted by Gasteiger charge is 2.24. The Morgan fingerprint density at radius 2 is 1.71 bits per heavy atom. The number of aryl methyl sites for hydroxylation is 2. The first-order valence-corrected chi connectivity index (χ1v) is 17.8. The van der Waals surface area contributed by atoms with E-state index in [-0.39, 0.29) is 11.8 Å². The number of likely N-dealkylation sites (tertiary alicyclic amines) is 1. The highest BCUT2D eigenvalue weighted by atomic mass is 32.1. The normalized spacial score (nSPS) is 13.3. The first-order chi connectivity index (χ1) is 23.6. The number of methoxy groups -OCH3 is 1. The van der Waals surface area contributed by atoms with E-state index >= 15 is 0 Å². The Bertz CT molecular complexity index is 1570. The molecule has 4 rings (SSSR count). The Labute approximate surface area is 297 Å². The zero-order chi connectivity index (χ0) is 35.3. The van der Waals surface area contributed by atoms with Gasteiger partial charge in [0, 0.05) is 43.7 Å². The molecule has 2 amide bonds. The summed E-state index contributed by atoms with van der Waals surface area (Å²) in [5, 5.41) is 3.31. The van der Waals surface area contributed by atoms with Gasteiger partial charge in [-0.2, -0.15) is 0 Å². The van der Waals surface area contributed by atoms with Gasteiger partial charge >= 0.3 is 0 Å². The first kappa shape index (κ1) is 37.8. The molecular weight excluding hydrogens is 635 g/mol. The van der Waals surface area contributed by atoms with Gasteiger partial charge in [0.05, 0.1) is 25.1 Å². The van der Waals surface area contributed by atoms with E-state index in [1.54, 1.807) is 31.2 Å². The Balaban J connectivity index is 1.33. The lowest BCUT2D eigenvalue weighted by Gasteiger charge is -2.35. The Kier molecular flexibility index (Phi) is 14.4. The minimum absolute atomic E-state index is 0.193. The number of unbranched alkanes of at least 4 members (excludes halogenated alkanes) is 2. The molecular formula is C39H53N5O4S. The second-order valence-electron chi connectivity index (χ2n) is 13.0. The van der Waals surface area contributed by atoms with Gasteiger partial charge in [0.1, 0.15) is 16.5 Å². The molecule has 0 spiro atoms. The average molecular weight is 688 g/mol. The van der Waals surface area contributed by atoms with Gasteiger partial charge in [0.15, 0.2) is 0 Å². The number of nitrogens with two attached hydrogens (primary N) is 1. The lowest BCUT2D eigenvalue weighted by molar-refractivity contribution is -0.132. The molecule has 3 aromatic rings. The van der Waals surface area contributed by atoms with Crippen LogP contribution < -0.4 is 25.4 Å². The predicted octanol–water partition coefficient (Wildman–Crippen LogP) is 6.45. The lowest BCUT2D eigenvalue weighted by Crippen LogP contribution is -2.44. The number of piperidine rings is 1. The molecule has 3 N–H and O–H groups in total. The van der Waals surface area contributed by atoms with Crippen LogP contribution in [0.1, 0.15) is 72.0 Å². The van der Waals surface area contributed by atoms with E-state index < -0.39 is 0 Å². The van der Waals surface area contributed by atoms with Crippen molar-refractivity contribution in [2.75, 3.05) is 64.7 Å². The standard InChI is InChI=1S/C39H53N5O4S/c1-28-16-19-34(36(26-28)48-25-10-6-7-15-37(45)44-23-20-31(21-24-44)42(2)3)43(4)39(46)30-17-18-33(35(27-30)47-5)41-38(49)32-14-9-8-12-29(32)13-11-22-40/h8-9,12,14,16-19,26-27,31H,6-7,10-11,13,15,20-25,40H2,1-5H3,(H,41,49). The highest BCUT2D eigenvalue weighted by molar-refractivity contribution is 7.81. The summed E-state index contributed by atoms with van der Waals surface area (Å²) in [6.45, 7) is 4.82. The SMILES string of the molecule is COc1cc(C(=O)N(C)c2ccc(C)cc2OCCCCCC(=O)N2CCC(N(C)C)CC2)ccc1NC(=S)c1ccccc1CCCN. The summed E-state index contributed by atoms with van der Waals surface area (Å²) in [5.74, 6) is 1.23. The van der Waals surface area contributed by atoms with Gasteiger partial charge in [-0.3, -0.25) is 9.59 Å². The molecule has 0 bridgehead atoms. The van der Waals surface area contributed by atoms with Crippen LogP contribution >= 0.6 is 12.2 Å². The molecule has 0 radical (unpaired) electrons. The molecule has 49 heavy (non-hydrogen) atoms. The summed E-state index contributed by atoms with van der Waals surface area (Å²) in [6, 6.07) is 19.8. The summed E-state index contributed by atoms with van der Waals surface area (Å²) in [7, 11) is 7.54. The van der Waals surface area contributed by atoms with Crippen molar-refractivity contribution in [3.63, 3.8) is 0 Å². The van der Waals surface area contributed by atoms with Crippen LogP contribution in [-0.2, 0) is 11.2 Å². The van der Waals surface area contributed by atoms with Gasteiger partial charge in [0.25, 0.3) is 5.91 Å². The number of carbonyl (C=O) groups is 2. The van der Waals surface area contributed by atoms with Crippen molar-refractivity contribution < 1.29 is 19.1 Å². The van der Waals surface area contributed by atoms with Gasteiger partial charge in [-0.05, 0) is 114 Å². The molecule has 0 unspecified atom stereocenters. The highest BCUT2D eigenvalue weighted by Crippen LogP contribution is 2.32. The molecule has 0 atom stereocenters. The minimum atomic E-state index is -0.193. The molecule has 1 saturated heterocycles. The van der Waals surface area contributed by atoms with Gasteiger partial charge in [-0.15, -0.1) is 0 Å². The number of carbonyl (C=O) groups excluding carboxylic acids is 2. The smallest absolute Gasteiger partial charge is 0.258 e. The fourth-order valence-corrected chi connectivity index (χ4v) is 6.52. The quantitative estimate of drug-likeness (QED) is 0.131. The van der Waals surface area contributed by atoms with Crippen molar-refractivity contribution in [3.8, 4) is 11.5 Å². The molecule has 1 fully saturated rings. The van der Waals surface area contributed by atoms with Crippen LogP contribution in [0.25, 0.3) is 0 Å². The molecule has 9 nitrogen and oxygen atoms in total. The average Bonchev–Trinajstić information content (AvgIpc) is 3.11. The number of benzene rings is 3. The van der Waals surface area contributed by atoms with Crippen LogP contribution in [0.3, 0.4) is 0 Å². The van der Waals surface area contributed by atoms with Gasteiger partial charge < -0.3 is 35.2 Å². The van der Waals surface area contributed by atoms with E-state index in [0.717, 1.165) is 74.7 Å². The first-order valence-electron chi connectivity index (χ1n) is 17.4. The van der Waals surface area contributed by atoms with Crippen LogP contribution in [0, 0.1) is 6.92 Å². The minimum Gasteiger partial charge on any atom is -0.495 e. The molecule has 264 valence electrons. The third-order valence-electron chi connectivity index (χ3n) is 9.23. The van der Waals surface area contributed by atoms with E-state index in [4.69, 9.17) is 27.4 Å². The van der Waals surface area contributed by atoms with Crippen molar-refractivity contribution in [1.29, 1.82) is 0 Å². The number of rotatable bonds is 16. The van der Waals surface area contributed by atoms with Crippen molar-refractivity contribution in [2.45, 2.75) is 64.3 Å². The number of ether oxygens (including phenoxy) is 2. The number of hydrogen-bond donors (Lipinski definition) is 2. The monoisotopic (exact) mass is 687 g/mol. The number of amides is 2. The maximum Gasteiger partial charge on any atom is 0.258 e. The van der Waals surface area contributed by atoms with Crippen molar-refractivity contribution in [3.05, 3.63) is 82.9 Å². The molecule has 0 aliphatic carbocycles. The van der Waals surface area contributed by atoms with E-state index in [1.807, 2.05) is 54.3 Å². The number of hydrogen-bond acceptors (Lipinski definition) is 7. The fourth-order valence-electron chi connectivity index (χ4n) is 6.21. The summed E-state index contributed by atoms with van der Waals surface area (Å²) >= 11 is 5.76. The maximum atomic E-state index is 13.7. The molecule has 0 saturated carbocycles. The summed E-state index contributed by atoms with van der Waals surface area (Å²) in [4.78, 5) is 32.9. The maximum absolute atomic E-state index is 13.7. The number of thiocarbonyl (C=S) groups is 1. The Morgan fingerprint density at radius 3 is 2.43 bits per heavy atom. The van der Waals surface area contributed by atoms with Crippen LogP contribution in [-0.4, -0.2) is 87.1 Å². The van der Waals surface area contributed by atoms with Crippen LogP contribution in [0.15, 0.2) is 60.7 Å². The molecule has 1 aliphatic heterocycles. The van der Waals surface area contributed by atoms with Gasteiger partial charge in [-0.1, -0.05) is 42.5 Å². The van der Waals surface area contributed by atoms with Crippen molar-refractivity contribution in [1.82, 2.24) is 9.80 Å². The molecule has 1 aliphatic rings. The van der Waals surface area contributed by atoms with Crippen molar-refractivity contribution in [2.24, 2.45) is 5.73 Å². The number of nitrogens with one attached hydrogen (secondary N) is 1. The zero-order valence-electron chi connectivity index (χ0n) is 29.8. The topological polar surface area (TPSA) is 100 Å². The van der Waals surface area contributed by atoms with Crippen LogP contribution in [0.5, 0.6) is 11.5 Å².